The third-order valence-electron chi connectivity index (χ3n) is 1.42. The summed E-state index contributed by atoms with van der Waals surface area (Å²) in [6, 6.07) is 3.97. The second-order valence-corrected chi connectivity index (χ2v) is 3.11. The van der Waals surface area contributed by atoms with Gasteiger partial charge >= 0.3 is 0 Å². The number of pyridine rings is 1. The Hall–Kier alpha value is -1.29. The van der Waals surface area contributed by atoms with Crippen LogP contribution in [0.5, 0.6) is 0 Å². The maximum atomic E-state index is 4.15. The van der Waals surface area contributed by atoms with Gasteiger partial charge in [-0.05, 0) is 19.1 Å². The zero-order chi connectivity index (χ0) is 8.97. The second-order valence-electron chi connectivity index (χ2n) is 3.11. The normalized spacial score (nSPS) is 9.33. The molecule has 0 aromatic carbocycles. The van der Waals surface area contributed by atoms with E-state index in [1.807, 2.05) is 25.3 Å². The molecule has 0 aliphatic heterocycles. The summed E-state index contributed by atoms with van der Waals surface area (Å²) in [5.74, 6) is 6.57. The molecule has 0 saturated carbocycles. The van der Waals surface area contributed by atoms with Crippen molar-refractivity contribution in [3.05, 3.63) is 29.6 Å². The number of nitrogens with zero attached hydrogens (tertiary/aromatic N) is 1. The van der Waals surface area contributed by atoms with E-state index in [1.54, 1.807) is 0 Å². The zero-order valence-corrected chi connectivity index (χ0v) is 7.76. The lowest BCUT2D eigenvalue weighted by Gasteiger charge is -1.91. The van der Waals surface area contributed by atoms with Crippen LogP contribution in [-0.2, 0) is 0 Å². The van der Waals surface area contributed by atoms with Crippen molar-refractivity contribution in [2.24, 2.45) is 5.92 Å². The number of aromatic nitrogens is 1. The third kappa shape index (κ3) is 2.75. The molecule has 0 aliphatic carbocycles. The summed E-state index contributed by atoms with van der Waals surface area (Å²) in [5, 5.41) is 0. The van der Waals surface area contributed by atoms with Gasteiger partial charge in [-0.2, -0.15) is 0 Å². The minimum atomic E-state index is 0.423. The van der Waals surface area contributed by atoms with E-state index >= 15 is 0 Å². The van der Waals surface area contributed by atoms with E-state index in [0.717, 1.165) is 11.3 Å². The SMILES string of the molecule is Cc1ccc(C#CC(C)C)cn1. The van der Waals surface area contributed by atoms with Crippen molar-refractivity contribution >= 4 is 0 Å². The first kappa shape index (κ1) is 8.80. The Labute approximate surface area is 73.8 Å². The van der Waals surface area contributed by atoms with Crippen LogP contribution in [0.4, 0.5) is 0 Å². The Morgan fingerprint density at radius 1 is 1.33 bits per heavy atom. The van der Waals surface area contributed by atoms with E-state index in [9.17, 15) is 0 Å². The lowest BCUT2D eigenvalue weighted by molar-refractivity contribution is 0.866. The van der Waals surface area contributed by atoms with Crippen molar-refractivity contribution in [3.8, 4) is 11.8 Å². The van der Waals surface area contributed by atoms with E-state index in [4.69, 9.17) is 0 Å². The number of aryl methyl sites for hydroxylation is 1. The van der Waals surface area contributed by atoms with E-state index in [2.05, 4.69) is 30.7 Å². The van der Waals surface area contributed by atoms with Gasteiger partial charge in [0.2, 0.25) is 0 Å². The lowest BCUT2D eigenvalue weighted by Crippen LogP contribution is -1.83. The molecule has 0 spiro atoms. The van der Waals surface area contributed by atoms with Crippen LogP contribution in [0.2, 0.25) is 0 Å². The van der Waals surface area contributed by atoms with Crippen LogP contribution in [0.15, 0.2) is 18.3 Å². The van der Waals surface area contributed by atoms with Crippen molar-refractivity contribution in [3.63, 3.8) is 0 Å². The van der Waals surface area contributed by atoms with Gasteiger partial charge in [-0.25, -0.2) is 0 Å². The Morgan fingerprint density at radius 3 is 2.58 bits per heavy atom. The molecule has 62 valence electrons. The van der Waals surface area contributed by atoms with Crippen LogP contribution in [0.1, 0.15) is 25.1 Å². The Balaban J connectivity index is 2.79. The molecule has 1 heteroatoms. The molecule has 0 amide bonds. The van der Waals surface area contributed by atoms with Crippen molar-refractivity contribution in [2.75, 3.05) is 0 Å². The topological polar surface area (TPSA) is 12.9 Å². The maximum Gasteiger partial charge on any atom is 0.0429 e. The molecule has 0 bridgehead atoms. The Bertz CT molecular complexity index is 298. The van der Waals surface area contributed by atoms with Crippen LogP contribution in [-0.4, -0.2) is 4.98 Å². The summed E-state index contributed by atoms with van der Waals surface area (Å²) in [5.41, 5.74) is 2.03. The van der Waals surface area contributed by atoms with E-state index in [1.165, 1.54) is 0 Å². The Kier molecular flexibility index (Phi) is 2.88. The van der Waals surface area contributed by atoms with Gasteiger partial charge in [0.1, 0.15) is 0 Å². The molecule has 0 N–H and O–H groups in total. The second kappa shape index (κ2) is 3.92. The van der Waals surface area contributed by atoms with Gasteiger partial charge in [-0.1, -0.05) is 25.7 Å². The fourth-order valence-corrected chi connectivity index (χ4v) is 0.769. The number of rotatable bonds is 0. The summed E-state index contributed by atoms with van der Waals surface area (Å²) in [7, 11) is 0. The highest BCUT2D eigenvalue weighted by Gasteiger charge is 1.87. The third-order valence-corrected chi connectivity index (χ3v) is 1.42. The highest BCUT2D eigenvalue weighted by molar-refractivity contribution is 5.32. The molecule has 0 atom stereocenters. The first-order valence-electron chi connectivity index (χ1n) is 4.12. The van der Waals surface area contributed by atoms with E-state index in [-0.39, 0.29) is 0 Å². The monoisotopic (exact) mass is 159 g/mol. The van der Waals surface area contributed by atoms with Crippen molar-refractivity contribution in [1.82, 2.24) is 4.98 Å². The van der Waals surface area contributed by atoms with Gasteiger partial charge in [0.25, 0.3) is 0 Å². The average Bonchev–Trinajstić information content (AvgIpc) is 2.03. The first-order valence-corrected chi connectivity index (χ1v) is 4.12. The van der Waals surface area contributed by atoms with E-state index in [0.29, 0.717) is 5.92 Å². The number of hydrogen-bond donors (Lipinski definition) is 0. The molecule has 0 unspecified atom stereocenters. The van der Waals surface area contributed by atoms with Crippen LogP contribution in [0, 0.1) is 24.7 Å². The van der Waals surface area contributed by atoms with Gasteiger partial charge in [-0.15, -0.1) is 0 Å². The smallest absolute Gasteiger partial charge is 0.0429 e. The first-order chi connectivity index (χ1) is 5.68. The molecule has 1 rings (SSSR count). The minimum Gasteiger partial charge on any atom is -0.260 e. The van der Waals surface area contributed by atoms with Crippen LogP contribution >= 0.6 is 0 Å². The van der Waals surface area contributed by atoms with Crippen molar-refractivity contribution in [1.29, 1.82) is 0 Å². The fourth-order valence-electron chi connectivity index (χ4n) is 0.769. The van der Waals surface area contributed by atoms with Crippen LogP contribution in [0.3, 0.4) is 0 Å². The van der Waals surface area contributed by atoms with Gasteiger partial charge < -0.3 is 0 Å². The number of hydrogen-bond acceptors (Lipinski definition) is 1. The van der Waals surface area contributed by atoms with Crippen molar-refractivity contribution in [2.45, 2.75) is 20.8 Å². The fraction of sp³-hybridized carbons (Fsp3) is 0.364. The summed E-state index contributed by atoms with van der Waals surface area (Å²) in [6.07, 6.45) is 1.81. The molecule has 0 radical (unpaired) electrons. The average molecular weight is 159 g/mol. The molecule has 1 aromatic rings. The van der Waals surface area contributed by atoms with E-state index < -0.39 is 0 Å². The zero-order valence-electron chi connectivity index (χ0n) is 7.76. The Morgan fingerprint density at radius 2 is 2.08 bits per heavy atom. The minimum absolute atomic E-state index is 0.423. The predicted molar refractivity (Wildman–Crippen MR) is 50.7 cm³/mol. The summed E-state index contributed by atoms with van der Waals surface area (Å²) >= 11 is 0. The van der Waals surface area contributed by atoms with Gasteiger partial charge in [0.15, 0.2) is 0 Å². The molecule has 12 heavy (non-hydrogen) atoms. The lowest BCUT2D eigenvalue weighted by atomic mass is 10.2. The highest BCUT2D eigenvalue weighted by atomic mass is 14.6. The maximum absolute atomic E-state index is 4.15. The standard InChI is InChI=1S/C11H13N/c1-9(2)4-6-11-7-5-10(3)12-8-11/h5,7-9H,1-3H3. The predicted octanol–water partition coefficient (Wildman–Crippen LogP) is 2.40. The molecule has 1 nitrogen and oxygen atoms in total. The molecule has 0 aliphatic rings. The van der Waals surface area contributed by atoms with Crippen LogP contribution < -0.4 is 0 Å². The van der Waals surface area contributed by atoms with Crippen LogP contribution in [0.25, 0.3) is 0 Å². The largest absolute Gasteiger partial charge is 0.260 e. The molecule has 0 saturated heterocycles. The van der Waals surface area contributed by atoms with Crippen molar-refractivity contribution < 1.29 is 0 Å². The highest BCUT2D eigenvalue weighted by Crippen LogP contribution is 1.97. The van der Waals surface area contributed by atoms with Gasteiger partial charge in [0.05, 0.1) is 0 Å². The van der Waals surface area contributed by atoms with Gasteiger partial charge in [-0.3, -0.25) is 4.98 Å². The van der Waals surface area contributed by atoms with Gasteiger partial charge in [0, 0.05) is 23.4 Å². The molecule has 1 heterocycles. The molecular weight excluding hydrogens is 146 g/mol. The summed E-state index contributed by atoms with van der Waals surface area (Å²) in [4.78, 5) is 4.15. The quantitative estimate of drug-likeness (QED) is 0.530. The summed E-state index contributed by atoms with van der Waals surface area (Å²) in [6.45, 7) is 6.13. The molecule has 1 aromatic heterocycles. The molecular formula is C11H13N. The molecule has 0 fully saturated rings. The summed E-state index contributed by atoms with van der Waals surface area (Å²) < 4.78 is 0.